The summed E-state index contributed by atoms with van der Waals surface area (Å²) in [5.41, 5.74) is 1.93. The zero-order valence-electron chi connectivity index (χ0n) is 32.2. The molecular weight excluding hydrogens is 691 g/mol. The Morgan fingerprint density at radius 3 is 2.38 bits per heavy atom. The maximum absolute atomic E-state index is 13.8. The highest BCUT2D eigenvalue weighted by molar-refractivity contribution is 7.90. The molecule has 3 aliphatic heterocycles. The van der Waals surface area contributed by atoms with Crippen LogP contribution in [0.15, 0.2) is 53.7 Å². The van der Waals surface area contributed by atoms with Crippen LogP contribution in [0.2, 0.25) is 0 Å². The smallest absolute Gasteiger partial charge is 0.410 e. The molecule has 2 N–H and O–H groups in total. The van der Waals surface area contributed by atoms with Crippen molar-refractivity contribution in [2.24, 2.45) is 11.3 Å². The first kappa shape index (κ1) is 37.1. The van der Waals surface area contributed by atoms with E-state index in [-0.39, 0.29) is 45.0 Å². The highest BCUT2D eigenvalue weighted by atomic mass is 32.2. The molecule has 4 bridgehead atoms. The first-order chi connectivity index (χ1) is 24.7. The van der Waals surface area contributed by atoms with Gasteiger partial charge in [0.2, 0.25) is 0 Å². The molecule has 4 aliphatic rings. The lowest BCUT2D eigenvalue weighted by atomic mass is 9.89. The predicted molar refractivity (Wildman–Crippen MR) is 203 cm³/mol. The van der Waals surface area contributed by atoms with E-state index in [1.54, 1.807) is 23.1 Å². The second-order valence-electron chi connectivity index (χ2n) is 18.1. The number of nitrogens with one attached hydrogen (secondary N) is 2. The van der Waals surface area contributed by atoms with E-state index in [0.717, 1.165) is 49.1 Å². The third-order valence-corrected chi connectivity index (χ3v) is 12.6. The molecule has 3 atom stereocenters. The van der Waals surface area contributed by atoms with Crippen LogP contribution >= 0.6 is 0 Å². The summed E-state index contributed by atoms with van der Waals surface area (Å²) in [5.74, 6) is 0.815. The Morgan fingerprint density at radius 2 is 1.72 bits per heavy atom. The van der Waals surface area contributed by atoms with Crippen molar-refractivity contribution < 1.29 is 22.7 Å². The van der Waals surface area contributed by atoms with Gasteiger partial charge in [0.1, 0.15) is 17.2 Å². The van der Waals surface area contributed by atoms with E-state index in [9.17, 15) is 18.0 Å². The van der Waals surface area contributed by atoms with Crippen molar-refractivity contribution in [2.45, 2.75) is 121 Å². The van der Waals surface area contributed by atoms with Gasteiger partial charge in [0.25, 0.3) is 15.9 Å². The number of pyridine rings is 3. The number of aromatic nitrogens is 3. The van der Waals surface area contributed by atoms with Gasteiger partial charge in [-0.25, -0.2) is 19.5 Å². The van der Waals surface area contributed by atoms with Gasteiger partial charge >= 0.3 is 6.09 Å². The molecule has 53 heavy (non-hydrogen) atoms. The van der Waals surface area contributed by atoms with Crippen LogP contribution in [-0.2, 0) is 20.2 Å². The van der Waals surface area contributed by atoms with Crippen LogP contribution in [0.3, 0.4) is 0 Å². The molecule has 1 spiro atoms. The molecule has 1 aliphatic carbocycles. The molecule has 7 rings (SSSR count). The van der Waals surface area contributed by atoms with Crippen molar-refractivity contribution >= 4 is 33.7 Å². The summed E-state index contributed by atoms with van der Waals surface area (Å²) in [6.07, 6.45) is 6.06. The second kappa shape index (κ2) is 13.0. The number of hydrogen-bond donors (Lipinski definition) is 2. The lowest BCUT2D eigenvalue weighted by molar-refractivity contribution is 0.0204. The Hall–Kier alpha value is -4.26. The fourth-order valence-electron chi connectivity index (χ4n) is 8.50. The molecule has 284 valence electrons. The van der Waals surface area contributed by atoms with Crippen LogP contribution in [0.4, 0.5) is 16.4 Å². The van der Waals surface area contributed by atoms with E-state index >= 15 is 0 Å². The number of fused-ring (bicyclic) bond motifs is 5. The maximum atomic E-state index is 13.8. The maximum Gasteiger partial charge on any atom is 0.410 e. The van der Waals surface area contributed by atoms with Crippen molar-refractivity contribution in [1.82, 2.24) is 24.6 Å². The summed E-state index contributed by atoms with van der Waals surface area (Å²) in [5, 5.41) is 3.28. The van der Waals surface area contributed by atoms with Gasteiger partial charge in [-0.15, -0.1) is 0 Å². The second-order valence-corrected chi connectivity index (χ2v) is 19.8. The molecule has 2 amide bonds. The highest BCUT2D eigenvalue weighted by Gasteiger charge is 2.63. The van der Waals surface area contributed by atoms with Crippen molar-refractivity contribution in [2.75, 3.05) is 29.9 Å². The SMILES string of the molecule is CC(C)(C)OC(=O)N1CCC(c2ccc(C3CC4CC45CN(c4nc(C(C)(C)C)ccc4C(=O)NS(=O)(=O)c4cccc(n4)N3)C(C)(C)C5)nc2)CC1. The number of anilines is 2. The van der Waals surface area contributed by atoms with Crippen LogP contribution < -0.4 is 14.9 Å². The Bertz CT molecular complexity index is 2010. The number of sulfonamides is 1. The number of nitrogens with zero attached hydrogens (tertiary/aromatic N) is 5. The van der Waals surface area contributed by atoms with Gasteiger partial charge in [0.15, 0.2) is 5.03 Å². The van der Waals surface area contributed by atoms with Gasteiger partial charge in [-0.1, -0.05) is 32.9 Å². The van der Waals surface area contributed by atoms with Crippen molar-refractivity contribution in [3.8, 4) is 0 Å². The van der Waals surface area contributed by atoms with E-state index < -0.39 is 21.5 Å². The van der Waals surface area contributed by atoms with Crippen LogP contribution in [0.5, 0.6) is 0 Å². The predicted octanol–water partition coefficient (Wildman–Crippen LogP) is 6.95. The third-order valence-electron chi connectivity index (χ3n) is 11.3. The monoisotopic (exact) mass is 743 g/mol. The molecule has 3 aromatic rings. The molecule has 2 saturated heterocycles. The van der Waals surface area contributed by atoms with E-state index in [1.165, 1.54) is 6.07 Å². The molecule has 12 nitrogen and oxygen atoms in total. The number of ether oxygens (including phenoxy) is 1. The summed E-state index contributed by atoms with van der Waals surface area (Å²) in [7, 11) is -4.32. The number of carbonyl (C=O) groups is 2. The van der Waals surface area contributed by atoms with Crippen molar-refractivity contribution in [1.29, 1.82) is 0 Å². The minimum atomic E-state index is -4.32. The number of likely N-dealkylation sites (tertiary alicyclic amines) is 1. The Balaban J connectivity index is 1.19. The normalized spacial score (nSPS) is 25.5. The largest absolute Gasteiger partial charge is 0.444 e. The van der Waals surface area contributed by atoms with E-state index in [0.29, 0.717) is 37.2 Å². The van der Waals surface area contributed by atoms with Gasteiger partial charge in [-0.3, -0.25) is 9.78 Å². The fourth-order valence-corrected chi connectivity index (χ4v) is 9.44. The number of piperidine rings is 1. The Morgan fingerprint density at radius 1 is 0.981 bits per heavy atom. The highest BCUT2D eigenvalue weighted by Crippen LogP contribution is 2.65. The molecular formula is C40H53N7O5S. The number of rotatable bonds is 2. The van der Waals surface area contributed by atoms with Gasteiger partial charge in [0.05, 0.1) is 17.3 Å². The molecule has 1 saturated carbocycles. The minimum absolute atomic E-state index is 0.0141. The molecule has 13 heteroatoms. The van der Waals surface area contributed by atoms with Crippen LogP contribution in [0, 0.1) is 11.3 Å². The standard InChI is InChI=1S/C40H53N7O5S/c1-37(2,3)31-15-13-28-34(43-31)47-24-40(23-39(47,7)8)21-27(40)20-30(42-32-10-9-11-33(44-32)53(50,51)45-35(28)48)29-14-12-26(22-41-29)25-16-18-46(19-17-25)36(49)52-38(4,5)6/h9-15,22,25,27,30H,16-21,23-24H2,1-8H3,(H,42,44)(H,45,48). The van der Waals surface area contributed by atoms with Gasteiger partial charge < -0.3 is 19.9 Å². The first-order valence-electron chi connectivity index (χ1n) is 18.8. The van der Waals surface area contributed by atoms with Gasteiger partial charge in [0, 0.05) is 42.5 Å². The molecule has 3 fully saturated rings. The van der Waals surface area contributed by atoms with E-state index in [4.69, 9.17) is 14.7 Å². The average molecular weight is 744 g/mol. The number of carbonyl (C=O) groups excluding carboxylic acids is 2. The summed E-state index contributed by atoms with van der Waals surface area (Å²) in [4.78, 5) is 45.0. The molecule has 0 radical (unpaired) electrons. The molecule has 3 aromatic heterocycles. The summed E-state index contributed by atoms with van der Waals surface area (Å²) < 4.78 is 35.2. The number of amides is 2. The average Bonchev–Trinajstić information content (AvgIpc) is 3.65. The number of hydrogen-bond acceptors (Lipinski definition) is 10. The summed E-state index contributed by atoms with van der Waals surface area (Å²) in [6.45, 7) is 18.2. The topological polar surface area (TPSA) is 147 Å². The molecule has 6 heterocycles. The van der Waals surface area contributed by atoms with Crippen LogP contribution in [-0.4, -0.2) is 71.0 Å². The summed E-state index contributed by atoms with van der Waals surface area (Å²) >= 11 is 0. The first-order valence-corrected chi connectivity index (χ1v) is 20.3. The minimum Gasteiger partial charge on any atom is -0.444 e. The van der Waals surface area contributed by atoms with Gasteiger partial charge in [-0.2, -0.15) is 8.42 Å². The molecule has 0 aromatic carbocycles. The third kappa shape index (κ3) is 7.59. The van der Waals surface area contributed by atoms with Crippen molar-refractivity contribution in [3.05, 3.63) is 71.2 Å². The quantitative estimate of drug-likeness (QED) is 0.283. The lowest BCUT2D eigenvalue weighted by Crippen LogP contribution is -2.41. The van der Waals surface area contributed by atoms with Crippen LogP contribution in [0.1, 0.15) is 127 Å². The molecule has 3 unspecified atom stereocenters. The fraction of sp³-hybridized carbons (Fsp3) is 0.575. The van der Waals surface area contributed by atoms with Crippen molar-refractivity contribution in [3.63, 3.8) is 0 Å². The van der Waals surface area contributed by atoms with E-state index in [1.807, 2.05) is 33.0 Å². The zero-order chi connectivity index (χ0) is 38.1. The zero-order valence-corrected chi connectivity index (χ0v) is 33.0. The van der Waals surface area contributed by atoms with Gasteiger partial charge in [-0.05, 0) is 120 Å². The summed E-state index contributed by atoms with van der Waals surface area (Å²) in [6, 6.07) is 12.3. The Kier molecular flexibility index (Phi) is 9.06. The van der Waals surface area contributed by atoms with Crippen LogP contribution in [0.25, 0.3) is 0 Å². The lowest BCUT2D eigenvalue weighted by Gasteiger charge is -2.34. The Labute approximate surface area is 313 Å². The van der Waals surface area contributed by atoms with E-state index in [2.05, 4.69) is 66.7 Å².